The van der Waals surface area contributed by atoms with E-state index in [0.29, 0.717) is 12.0 Å². The summed E-state index contributed by atoms with van der Waals surface area (Å²) in [6, 6.07) is 6.61. The molecule has 4 rings (SSSR count). The van der Waals surface area contributed by atoms with Crippen LogP contribution >= 0.6 is 0 Å². The lowest BCUT2D eigenvalue weighted by Gasteiger charge is -2.26. The van der Waals surface area contributed by atoms with Crippen molar-refractivity contribution in [3.05, 3.63) is 65.4 Å². The van der Waals surface area contributed by atoms with Gasteiger partial charge in [0.2, 0.25) is 0 Å². The SMILES string of the molecule is CC1=NN2C=CC=CC2C1CCN1Cc2ccc(/C=C/C(=O)NO)cc2C1. The quantitative estimate of drug-likeness (QED) is 0.479. The van der Waals surface area contributed by atoms with Gasteiger partial charge in [0.05, 0.1) is 6.04 Å². The molecule has 3 aliphatic heterocycles. The van der Waals surface area contributed by atoms with E-state index in [2.05, 4.69) is 46.2 Å². The van der Waals surface area contributed by atoms with Crippen LogP contribution < -0.4 is 5.48 Å². The Balaban J connectivity index is 1.36. The van der Waals surface area contributed by atoms with Gasteiger partial charge in [-0.1, -0.05) is 30.4 Å². The second kappa shape index (κ2) is 7.50. The van der Waals surface area contributed by atoms with Crippen LogP contribution in [0.4, 0.5) is 0 Å². The first kappa shape index (κ1) is 17.7. The molecule has 140 valence electrons. The number of amides is 1. The van der Waals surface area contributed by atoms with Crippen molar-refractivity contribution < 1.29 is 10.0 Å². The molecule has 2 N–H and O–H groups in total. The van der Waals surface area contributed by atoms with Gasteiger partial charge >= 0.3 is 0 Å². The molecule has 2 atom stereocenters. The number of nitrogens with zero attached hydrogens (tertiary/aromatic N) is 3. The lowest BCUT2D eigenvalue weighted by molar-refractivity contribution is -0.124. The molecule has 0 saturated carbocycles. The number of carbonyl (C=O) groups is 1. The number of hydrogen-bond acceptors (Lipinski definition) is 5. The van der Waals surface area contributed by atoms with Crippen molar-refractivity contribution in [3.63, 3.8) is 0 Å². The summed E-state index contributed by atoms with van der Waals surface area (Å²) in [5.74, 6) is -0.0585. The summed E-state index contributed by atoms with van der Waals surface area (Å²) in [7, 11) is 0. The summed E-state index contributed by atoms with van der Waals surface area (Å²) < 4.78 is 0. The number of fused-ring (bicyclic) bond motifs is 2. The smallest absolute Gasteiger partial charge is 0.267 e. The molecule has 0 saturated heterocycles. The molecule has 3 aliphatic rings. The van der Waals surface area contributed by atoms with Gasteiger partial charge in [0.15, 0.2) is 0 Å². The topological polar surface area (TPSA) is 68.2 Å². The summed E-state index contributed by atoms with van der Waals surface area (Å²) in [4.78, 5) is 13.6. The molecular formula is C21H24N4O2. The minimum atomic E-state index is -0.522. The monoisotopic (exact) mass is 364 g/mol. The molecule has 6 heteroatoms. The molecular weight excluding hydrogens is 340 g/mol. The fourth-order valence-corrected chi connectivity index (χ4v) is 4.08. The Hall–Kier alpha value is -2.70. The van der Waals surface area contributed by atoms with Crippen molar-refractivity contribution >= 4 is 17.7 Å². The summed E-state index contributed by atoms with van der Waals surface area (Å²) >= 11 is 0. The number of hydrazone groups is 1. The number of carbonyl (C=O) groups excluding carboxylic acids is 1. The molecule has 1 aromatic carbocycles. The Bertz CT molecular complexity index is 856. The molecule has 0 aromatic heterocycles. The molecule has 27 heavy (non-hydrogen) atoms. The van der Waals surface area contributed by atoms with Gasteiger partial charge in [-0.25, -0.2) is 5.48 Å². The Morgan fingerprint density at radius 3 is 3.04 bits per heavy atom. The highest BCUT2D eigenvalue weighted by atomic mass is 16.5. The highest BCUT2D eigenvalue weighted by Crippen LogP contribution is 2.30. The number of nitrogens with one attached hydrogen (secondary N) is 1. The van der Waals surface area contributed by atoms with Crippen molar-refractivity contribution in [2.75, 3.05) is 6.54 Å². The number of rotatable bonds is 5. The van der Waals surface area contributed by atoms with Crippen molar-refractivity contribution in [2.24, 2.45) is 11.0 Å². The van der Waals surface area contributed by atoms with Gasteiger partial charge in [0.1, 0.15) is 0 Å². The Morgan fingerprint density at radius 2 is 2.19 bits per heavy atom. The maximum Gasteiger partial charge on any atom is 0.267 e. The maximum absolute atomic E-state index is 11.1. The summed E-state index contributed by atoms with van der Waals surface area (Å²) in [6.07, 6.45) is 12.6. The molecule has 3 heterocycles. The van der Waals surface area contributed by atoms with Crippen LogP contribution in [0, 0.1) is 5.92 Å². The average Bonchev–Trinajstić information content (AvgIpc) is 3.23. The van der Waals surface area contributed by atoms with Crippen molar-refractivity contribution in [2.45, 2.75) is 32.5 Å². The van der Waals surface area contributed by atoms with Crippen LogP contribution in [0.2, 0.25) is 0 Å². The maximum atomic E-state index is 11.1. The third-order valence-electron chi connectivity index (χ3n) is 5.50. The van der Waals surface area contributed by atoms with E-state index in [-0.39, 0.29) is 0 Å². The largest absolute Gasteiger partial charge is 0.295 e. The van der Waals surface area contributed by atoms with Crippen LogP contribution in [0.3, 0.4) is 0 Å². The minimum absolute atomic E-state index is 0.356. The highest BCUT2D eigenvalue weighted by Gasteiger charge is 2.33. The molecule has 0 spiro atoms. The fourth-order valence-electron chi connectivity index (χ4n) is 4.08. The highest BCUT2D eigenvalue weighted by molar-refractivity contribution is 5.90. The van der Waals surface area contributed by atoms with E-state index in [9.17, 15) is 4.79 Å². The number of hydroxylamine groups is 1. The van der Waals surface area contributed by atoms with Crippen molar-refractivity contribution in [1.29, 1.82) is 0 Å². The zero-order valence-corrected chi connectivity index (χ0v) is 15.4. The van der Waals surface area contributed by atoms with Crippen LogP contribution in [-0.4, -0.2) is 39.3 Å². The van der Waals surface area contributed by atoms with E-state index >= 15 is 0 Å². The predicted octanol–water partition coefficient (Wildman–Crippen LogP) is 2.67. The molecule has 1 amide bonds. The second-order valence-electron chi connectivity index (χ2n) is 7.28. The van der Waals surface area contributed by atoms with Crippen LogP contribution in [0.1, 0.15) is 30.0 Å². The van der Waals surface area contributed by atoms with Gasteiger partial charge in [-0.3, -0.25) is 19.9 Å². The van der Waals surface area contributed by atoms with Gasteiger partial charge in [-0.05, 0) is 48.7 Å². The Kier molecular flexibility index (Phi) is 4.92. The van der Waals surface area contributed by atoms with E-state index in [1.165, 1.54) is 22.9 Å². The first-order chi connectivity index (χ1) is 13.1. The number of allylic oxidation sites excluding steroid dienone is 2. The third kappa shape index (κ3) is 3.72. The van der Waals surface area contributed by atoms with Crippen LogP contribution in [-0.2, 0) is 17.9 Å². The third-order valence-corrected chi connectivity index (χ3v) is 5.50. The lowest BCUT2D eigenvalue weighted by Crippen LogP contribution is -2.32. The molecule has 1 aromatic rings. The minimum Gasteiger partial charge on any atom is -0.295 e. The molecule has 0 bridgehead atoms. The van der Waals surface area contributed by atoms with E-state index in [0.717, 1.165) is 31.6 Å². The van der Waals surface area contributed by atoms with Gasteiger partial charge in [-0.2, -0.15) is 5.10 Å². The standard InChI is InChI=1S/C21H24N4O2/c1-15-19(20-4-2-3-10-25(20)22-15)9-11-24-13-17-7-5-16(12-18(17)14-24)6-8-21(26)23-27/h2-8,10,12,19-20,27H,9,11,13-14H2,1H3,(H,23,26)/b8-6+. The van der Waals surface area contributed by atoms with E-state index < -0.39 is 5.91 Å². The van der Waals surface area contributed by atoms with Crippen molar-refractivity contribution in [3.8, 4) is 0 Å². The molecule has 2 unspecified atom stereocenters. The first-order valence-electron chi connectivity index (χ1n) is 9.29. The summed E-state index contributed by atoms with van der Waals surface area (Å²) in [5.41, 5.74) is 6.43. The Morgan fingerprint density at radius 1 is 1.33 bits per heavy atom. The average molecular weight is 364 g/mol. The number of hydrogen-bond donors (Lipinski definition) is 2. The normalized spacial score (nSPS) is 23.6. The van der Waals surface area contributed by atoms with Crippen LogP contribution in [0.15, 0.2) is 53.8 Å². The van der Waals surface area contributed by atoms with Gasteiger partial charge in [0.25, 0.3) is 5.91 Å². The van der Waals surface area contributed by atoms with Crippen LogP contribution in [0.5, 0.6) is 0 Å². The van der Waals surface area contributed by atoms with E-state index in [1.54, 1.807) is 11.6 Å². The van der Waals surface area contributed by atoms with E-state index in [4.69, 9.17) is 5.21 Å². The lowest BCUT2D eigenvalue weighted by atomic mass is 9.91. The molecule has 0 radical (unpaired) electrons. The van der Waals surface area contributed by atoms with Crippen LogP contribution in [0.25, 0.3) is 6.08 Å². The van der Waals surface area contributed by atoms with E-state index in [1.807, 2.05) is 18.3 Å². The molecule has 0 fully saturated rings. The molecule has 0 aliphatic carbocycles. The summed E-state index contributed by atoms with van der Waals surface area (Å²) in [5, 5.41) is 15.3. The Labute approximate surface area is 159 Å². The summed E-state index contributed by atoms with van der Waals surface area (Å²) in [6.45, 7) is 5.05. The van der Waals surface area contributed by atoms with Crippen molar-refractivity contribution in [1.82, 2.24) is 15.4 Å². The van der Waals surface area contributed by atoms with Gasteiger partial charge < -0.3 is 0 Å². The predicted molar refractivity (Wildman–Crippen MR) is 105 cm³/mol. The van der Waals surface area contributed by atoms with Gasteiger partial charge in [-0.15, -0.1) is 0 Å². The fraction of sp³-hybridized carbons (Fsp3) is 0.333. The second-order valence-corrected chi connectivity index (χ2v) is 7.28. The zero-order chi connectivity index (χ0) is 18.8. The van der Waals surface area contributed by atoms with Gasteiger partial charge in [0, 0.05) is 37.0 Å². The number of benzene rings is 1. The first-order valence-corrected chi connectivity index (χ1v) is 9.29. The zero-order valence-electron chi connectivity index (χ0n) is 15.4. The molecule has 6 nitrogen and oxygen atoms in total.